The van der Waals surface area contributed by atoms with E-state index in [1.807, 2.05) is 30.6 Å². The summed E-state index contributed by atoms with van der Waals surface area (Å²) in [6.07, 6.45) is 8.99. The molecule has 2 aliphatic rings. The number of hydrogen-bond acceptors (Lipinski definition) is 6. The summed E-state index contributed by atoms with van der Waals surface area (Å²) in [5, 5.41) is 11.4. The molecule has 3 heterocycles. The van der Waals surface area contributed by atoms with Crippen LogP contribution in [-0.2, 0) is 4.79 Å². The molecule has 2 fully saturated rings. The molecule has 1 aromatic carbocycles. The van der Waals surface area contributed by atoms with Gasteiger partial charge in [-0.2, -0.15) is 5.26 Å². The van der Waals surface area contributed by atoms with Gasteiger partial charge in [-0.05, 0) is 52.7 Å². The molecule has 0 amide bonds. The minimum Gasteiger partial charge on any atom is -0.378 e. The summed E-state index contributed by atoms with van der Waals surface area (Å²) < 4.78 is 0. The van der Waals surface area contributed by atoms with Crippen LogP contribution in [-0.4, -0.2) is 52.8 Å². The molecule has 2 aromatic heterocycles. The van der Waals surface area contributed by atoms with Gasteiger partial charge in [0.05, 0.1) is 24.5 Å². The Morgan fingerprint density at radius 2 is 1.97 bits per heavy atom. The number of aldehydes is 1. The SMILES string of the molecule is C=C(NCC=O)c1c[nH]c2ncc(C3CC3)nc12.CN1CCC(C#N)CC1.Cc1ccccc1. The summed E-state index contributed by atoms with van der Waals surface area (Å²) in [7, 11) is 2.10. The minimum atomic E-state index is 0.251. The maximum Gasteiger partial charge on any atom is 0.156 e. The lowest BCUT2D eigenvalue weighted by atomic mass is 9.99. The van der Waals surface area contributed by atoms with Gasteiger partial charge >= 0.3 is 0 Å². The number of fused-ring (bicyclic) bond motifs is 1. The Hall–Kier alpha value is -3.50. The average Bonchev–Trinajstić information content (AvgIpc) is 3.63. The number of aryl methyl sites for hydroxylation is 1. The number of likely N-dealkylation sites (tertiary alicyclic amines) is 1. The fraction of sp³-hybridized carbons (Fsp3) is 0.407. The van der Waals surface area contributed by atoms with E-state index < -0.39 is 0 Å². The molecule has 0 radical (unpaired) electrons. The van der Waals surface area contributed by atoms with Crippen LogP contribution in [0.3, 0.4) is 0 Å². The van der Waals surface area contributed by atoms with Gasteiger partial charge < -0.3 is 20.0 Å². The zero-order chi connectivity index (χ0) is 24.3. The van der Waals surface area contributed by atoms with Crippen LogP contribution in [0.25, 0.3) is 16.9 Å². The lowest BCUT2D eigenvalue weighted by molar-refractivity contribution is -0.107. The molecule has 2 N–H and O–H groups in total. The van der Waals surface area contributed by atoms with Crippen molar-refractivity contribution in [3.63, 3.8) is 0 Å². The predicted molar refractivity (Wildman–Crippen MR) is 136 cm³/mol. The van der Waals surface area contributed by atoms with Crippen molar-refractivity contribution in [3.05, 3.63) is 66.1 Å². The van der Waals surface area contributed by atoms with Gasteiger partial charge in [-0.25, -0.2) is 9.97 Å². The van der Waals surface area contributed by atoms with Crippen LogP contribution in [0.1, 0.15) is 48.4 Å². The quantitative estimate of drug-likeness (QED) is 0.549. The Balaban J connectivity index is 0.000000168. The Morgan fingerprint density at radius 1 is 1.26 bits per heavy atom. The molecule has 3 aromatic rings. The second-order valence-corrected chi connectivity index (χ2v) is 8.86. The van der Waals surface area contributed by atoms with E-state index in [-0.39, 0.29) is 6.54 Å². The van der Waals surface area contributed by atoms with Crippen molar-refractivity contribution >= 4 is 23.1 Å². The van der Waals surface area contributed by atoms with Crippen molar-refractivity contribution in [2.45, 2.75) is 38.5 Å². The third-order valence-corrected chi connectivity index (χ3v) is 5.96. The van der Waals surface area contributed by atoms with Crippen LogP contribution in [0.4, 0.5) is 0 Å². The van der Waals surface area contributed by atoms with E-state index in [1.54, 1.807) is 0 Å². The Morgan fingerprint density at radius 3 is 2.53 bits per heavy atom. The van der Waals surface area contributed by atoms with Gasteiger partial charge in [-0.1, -0.05) is 42.5 Å². The normalized spacial score (nSPS) is 15.8. The first-order valence-electron chi connectivity index (χ1n) is 11.8. The van der Waals surface area contributed by atoms with Gasteiger partial charge in [0.1, 0.15) is 11.8 Å². The van der Waals surface area contributed by atoms with Gasteiger partial charge in [0.25, 0.3) is 0 Å². The number of rotatable bonds is 5. The molecule has 34 heavy (non-hydrogen) atoms. The molecule has 7 heteroatoms. The highest BCUT2D eigenvalue weighted by atomic mass is 16.1. The standard InChI is InChI=1S/C13H14N4O.C7H12N2.C7H8/c1-8(14-4-5-18)10-6-15-13-12(10)17-11(7-16-13)9-2-3-9;1-9-4-2-7(6-8)3-5-9;1-7-5-3-2-4-6-7/h5-7,9,14H,1-4H2,(H,15,16);7H,2-5H2,1H3;2-6H,1H3. The molecule has 0 unspecified atom stereocenters. The number of aromatic amines is 1. The highest BCUT2D eigenvalue weighted by Gasteiger charge is 2.26. The second kappa shape index (κ2) is 12.7. The highest BCUT2D eigenvalue weighted by Crippen LogP contribution is 2.39. The van der Waals surface area contributed by atoms with E-state index >= 15 is 0 Å². The Bertz CT molecular complexity index is 1110. The summed E-state index contributed by atoms with van der Waals surface area (Å²) in [5.41, 5.74) is 5.51. The van der Waals surface area contributed by atoms with Gasteiger partial charge in [0, 0.05) is 29.3 Å². The van der Waals surface area contributed by atoms with Crippen LogP contribution < -0.4 is 5.32 Å². The number of piperidine rings is 1. The second-order valence-electron chi connectivity index (χ2n) is 8.86. The monoisotopic (exact) mass is 458 g/mol. The average molecular weight is 459 g/mol. The molecule has 1 saturated carbocycles. The predicted octanol–water partition coefficient (Wildman–Crippen LogP) is 4.44. The number of nitrogens with one attached hydrogen (secondary N) is 2. The van der Waals surface area contributed by atoms with Crippen molar-refractivity contribution < 1.29 is 4.79 Å². The number of carbonyl (C=O) groups excluding carboxylic acids is 1. The molecular weight excluding hydrogens is 424 g/mol. The molecule has 1 saturated heterocycles. The maximum absolute atomic E-state index is 10.4. The number of nitriles is 1. The topological polar surface area (TPSA) is 97.7 Å². The Labute approximate surface area is 201 Å². The first-order chi connectivity index (χ1) is 16.5. The Kier molecular flexibility index (Phi) is 9.36. The first-order valence-corrected chi connectivity index (χ1v) is 11.8. The molecule has 5 rings (SSSR count). The van der Waals surface area contributed by atoms with E-state index in [0.717, 1.165) is 54.6 Å². The molecule has 0 spiro atoms. The minimum absolute atomic E-state index is 0.251. The van der Waals surface area contributed by atoms with Crippen molar-refractivity contribution in [2.75, 3.05) is 26.7 Å². The van der Waals surface area contributed by atoms with Crippen LogP contribution in [0.5, 0.6) is 0 Å². The summed E-state index contributed by atoms with van der Waals surface area (Å²) in [6.45, 7) is 8.44. The number of carbonyl (C=O) groups is 1. The third kappa shape index (κ3) is 7.53. The fourth-order valence-corrected chi connectivity index (χ4v) is 3.64. The van der Waals surface area contributed by atoms with Crippen LogP contribution in [0, 0.1) is 24.2 Å². The van der Waals surface area contributed by atoms with E-state index in [2.05, 4.69) is 63.9 Å². The molecule has 1 aliphatic heterocycles. The summed E-state index contributed by atoms with van der Waals surface area (Å²) in [6, 6.07) is 12.6. The maximum atomic E-state index is 10.4. The smallest absolute Gasteiger partial charge is 0.156 e. The van der Waals surface area contributed by atoms with Crippen LogP contribution in [0.2, 0.25) is 0 Å². The first kappa shape index (κ1) is 25.1. The van der Waals surface area contributed by atoms with E-state index in [9.17, 15) is 4.79 Å². The largest absolute Gasteiger partial charge is 0.378 e. The van der Waals surface area contributed by atoms with Crippen LogP contribution >= 0.6 is 0 Å². The van der Waals surface area contributed by atoms with E-state index in [0.29, 0.717) is 17.5 Å². The number of H-pyrrole nitrogens is 1. The van der Waals surface area contributed by atoms with Gasteiger partial charge in [0.2, 0.25) is 0 Å². The third-order valence-electron chi connectivity index (χ3n) is 5.96. The molecule has 7 nitrogen and oxygen atoms in total. The summed E-state index contributed by atoms with van der Waals surface area (Å²) in [5.74, 6) is 0.905. The molecule has 178 valence electrons. The summed E-state index contributed by atoms with van der Waals surface area (Å²) >= 11 is 0. The summed E-state index contributed by atoms with van der Waals surface area (Å²) in [4.78, 5) is 24.7. The van der Waals surface area contributed by atoms with Crippen LogP contribution in [0.15, 0.2) is 49.3 Å². The van der Waals surface area contributed by atoms with Crippen molar-refractivity contribution in [2.24, 2.45) is 5.92 Å². The van der Waals surface area contributed by atoms with E-state index in [4.69, 9.17) is 5.26 Å². The molecule has 1 aliphatic carbocycles. The number of hydrogen-bond donors (Lipinski definition) is 2. The lowest BCUT2D eigenvalue weighted by Gasteiger charge is -2.24. The molecular formula is C27H34N6O. The van der Waals surface area contributed by atoms with Gasteiger partial charge in [-0.3, -0.25) is 0 Å². The van der Waals surface area contributed by atoms with Gasteiger partial charge in [0.15, 0.2) is 5.65 Å². The number of nitrogens with zero attached hydrogens (tertiary/aromatic N) is 4. The fourth-order valence-electron chi connectivity index (χ4n) is 3.64. The van der Waals surface area contributed by atoms with Crippen molar-refractivity contribution in [1.82, 2.24) is 25.2 Å². The van der Waals surface area contributed by atoms with Crippen molar-refractivity contribution in [1.29, 1.82) is 5.26 Å². The number of aromatic nitrogens is 3. The number of benzene rings is 1. The van der Waals surface area contributed by atoms with Crippen molar-refractivity contribution in [3.8, 4) is 6.07 Å². The zero-order valence-electron chi connectivity index (χ0n) is 20.1. The highest BCUT2D eigenvalue weighted by molar-refractivity contribution is 5.86. The molecule has 0 bridgehead atoms. The lowest BCUT2D eigenvalue weighted by Crippen LogP contribution is -2.29. The van der Waals surface area contributed by atoms with E-state index in [1.165, 1.54) is 18.4 Å². The zero-order valence-corrected chi connectivity index (χ0v) is 20.1. The molecule has 0 atom stereocenters. The van der Waals surface area contributed by atoms with Gasteiger partial charge in [-0.15, -0.1) is 0 Å².